The molecule has 68 valence electrons. The van der Waals surface area contributed by atoms with Crippen molar-refractivity contribution in [1.82, 2.24) is 0 Å². The molecule has 1 N–H and O–H groups in total. The van der Waals surface area contributed by atoms with Gasteiger partial charge in [-0.15, -0.1) is 0 Å². The highest BCUT2D eigenvalue weighted by atomic mass is 127. The molecule has 1 aromatic carbocycles. The lowest BCUT2D eigenvalue weighted by atomic mass is 10.2. The normalized spacial score (nSPS) is 14.5. The highest BCUT2D eigenvalue weighted by molar-refractivity contribution is 14.1. The number of amides is 1. The van der Waals surface area contributed by atoms with Gasteiger partial charge in [0, 0.05) is 8.04 Å². The van der Waals surface area contributed by atoms with Gasteiger partial charge >= 0.3 is 0 Å². The third kappa shape index (κ3) is 1.80. The minimum atomic E-state index is -0.104. The molecule has 1 aliphatic heterocycles. The molecule has 0 bridgehead atoms. The first kappa shape index (κ1) is 9.26. The molecule has 0 aliphatic carbocycles. The van der Waals surface area contributed by atoms with Gasteiger partial charge in [-0.1, -0.05) is 15.9 Å². The van der Waals surface area contributed by atoms with Crippen LogP contribution >= 0.6 is 38.5 Å². The summed E-state index contributed by atoms with van der Waals surface area (Å²) in [4.78, 5) is 11.0. The number of carbonyl (C=O) groups is 1. The first-order valence-electron chi connectivity index (χ1n) is 3.58. The summed E-state index contributed by atoms with van der Waals surface area (Å²) in [6.45, 7) is 0.0968. The SMILES string of the molecule is O=C1COc2cc(Br)cc(I)c2N1. The summed E-state index contributed by atoms with van der Waals surface area (Å²) in [5.41, 5.74) is 0.764. The molecule has 0 atom stereocenters. The van der Waals surface area contributed by atoms with Crippen LogP contribution in [-0.2, 0) is 4.79 Å². The maximum Gasteiger partial charge on any atom is 0.262 e. The molecule has 1 aliphatic rings. The lowest BCUT2D eigenvalue weighted by Gasteiger charge is -2.19. The maximum absolute atomic E-state index is 11.0. The number of carbonyl (C=O) groups excluding carboxylic acids is 1. The van der Waals surface area contributed by atoms with Crippen LogP contribution in [0.25, 0.3) is 0 Å². The number of hydrogen-bond acceptors (Lipinski definition) is 2. The molecule has 1 aromatic rings. The van der Waals surface area contributed by atoms with Crippen molar-refractivity contribution in [2.24, 2.45) is 0 Å². The van der Waals surface area contributed by atoms with Gasteiger partial charge in [-0.25, -0.2) is 0 Å². The Labute approximate surface area is 97.1 Å². The summed E-state index contributed by atoms with van der Waals surface area (Å²) in [5, 5.41) is 2.76. The van der Waals surface area contributed by atoms with Crippen LogP contribution < -0.4 is 10.1 Å². The van der Waals surface area contributed by atoms with E-state index in [1.165, 1.54) is 0 Å². The van der Waals surface area contributed by atoms with Crippen LogP contribution in [0.15, 0.2) is 16.6 Å². The van der Waals surface area contributed by atoms with Gasteiger partial charge in [0.25, 0.3) is 5.91 Å². The number of ether oxygens (including phenoxy) is 1. The van der Waals surface area contributed by atoms with Crippen LogP contribution in [-0.4, -0.2) is 12.5 Å². The number of hydrogen-bond donors (Lipinski definition) is 1. The average Bonchev–Trinajstić information content (AvgIpc) is 2.06. The summed E-state index contributed by atoms with van der Waals surface area (Å²) in [6.07, 6.45) is 0. The predicted molar refractivity (Wildman–Crippen MR) is 61.0 cm³/mol. The van der Waals surface area contributed by atoms with Crippen molar-refractivity contribution < 1.29 is 9.53 Å². The molecule has 0 radical (unpaired) electrons. The Kier molecular flexibility index (Phi) is 2.46. The number of rotatable bonds is 0. The molecule has 13 heavy (non-hydrogen) atoms. The van der Waals surface area contributed by atoms with Gasteiger partial charge < -0.3 is 10.1 Å². The van der Waals surface area contributed by atoms with E-state index in [1.807, 2.05) is 12.1 Å². The number of benzene rings is 1. The summed E-state index contributed by atoms with van der Waals surface area (Å²) in [6, 6.07) is 3.77. The zero-order valence-electron chi connectivity index (χ0n) is 6.43. The fourth-order valence-electron chi connectivity index (χ4n) is 1.10. The minimum Gasteiger partial charge on any atom is -0.482 e. The van der Waals surface area contributed by atoms with Gasteiger partial charge in [-0.2, -0.15) is 0 Å². The van der Waals surface area contributed by atoms with E-state index in [0.29, 0.717) is 0 Å². The average molecular weight is 354 g/mol. The van der Waals surface area contributed by atoms with E-state index >= 15 is 0 Å². The fourth-order valence-corrected chi connectivity index (χ4v) is 2.70. The summed E-state index contributed by atoms with van der Waals surface area (Å²) in [7, 11) is 0. The van der Waals surface area contributed by atoms with E-state index in [0.717, 1.165) is 19.5 Å². The lowest BCUT2D eigenvalue weighted by molar-refractivity contribution is -0.118. The van der Waals surface area contributed by atoms with Gasteiger partial charge in [0.2, 0.25) is 0 Å². The molecular formula is C8H5BrINO2. The van der Waals surface area contributed by atoms with Crippen molar-refractivity contribution in [3.8, 4) is 5.75 Å². The summed E-state index contributed by atoms with van der Waals surface area (Å²) >= 11 is 5.51. The summed E-state index contributed by atoms with van der Waals surface area (Å²) in [5.74, 6) is 0.617. The maximum atomic E-state index is 11.0. The second kappa shape index (κ2) is 3.45. The third-order valence-electron chi connectivity index (χ3n) is 1.64. The molecule has 2 rings (SSSR count). The topological polar surface area (TPSA) is 38.3 Å². The van der Waals surface area contributed by atoms with E-state index in [-0.39, 0.29) is 12.5 Å². The fraction of sp³-hybridized carbons (Fsp3) is 0.125. The Morgan fingerprint density at radius 2 is 2.31 bits per heavy atom. The first-order valence-corrected chi connectivity index (χ1v) is 5.45. The predicted octanol–water partition coefficient (Wildman–Crippen LogP) is 2.38. The van der Waals surface area contributed by atoms with E-state index in [1.54, 1.807) is 0 Å². The number of nitrogens with one attached hydrogen (secondary N) is 1. The monoisotopic (exact) mass is 353 g/mol. The van der Waals surface area contributed by atoms with E-state index in [4.69, 9.17) is 4.74 Å². The molecular weight excluding hydrogens is 349 g/mol. The van der Waals surface area contributed by atoms with Crippen molar-refractivity contribution >= 4 is 50.1 Å². The van der Waals surface area contributed by atoms with Gasteiger partial charge in [-0.3, -0.25) is 4.79 Å². The molecule has 0 saturated heterocycles. The van der Waals surface area contributed by atoms with Crippen LogP contribution in [0.5, 0.6) is 5.75 Å². The molecule has 1 amide bonds. The highest BCUT2D eigenvalue weighted by Crippen LogP contribution is 2.35. The number of halogens is 2. The molecule has 0 unspecified atom stereocenters. The van der Waals surface area contributed by atoms with Gasteiger partial charge in [0.15, 0.2) is 6.61 Å². The van der Waals surface area contributed by atoms with Crippen LogP contribution in [0.4, 0.5) is 5.69 Å². The van der Waals surface area contributed by atoms with Crippen molar-refractivity contribution in [2.45, 2.75) is 0 Å². The quantitative estimate of drug-likeness (QED) is 0.727. The second-order valence-electron chi connectivity index (χ2n) is 2.60. The molecule has 0 fully saturated rings. The number of anilines is 1. The zero-order valence-corrected chi connectivity index (χ0v) is 10.2. The minimum absolute atomic E-state index is 0.0968. The lowest BCUT2D eigenvalue weighted by Crippen LogP contribution is -2.26. The first-order chi connectivity index (χ1) is 6.16. The van der Waals surface area contributed by atoms with Crippen molar-refractivity contribution in [2.75, 3.05) is 11.9 Å². The van der Waals surface area contributed by atoms with Crippen molar-refractivity contribution in [1.29, 1.82) is 0 Å². The zero-order chi connectivity index (χ0) is 9.42. The van der Waals surface area contributed by atoms with Crippen LogP contribution in [0.1, 0.15) is 0 Å². The molecule has 3 nitrogen and oxygen atoms in total. The Balaban J connectivity index is 2.53. The third-order valence-corrected chi connectivity index (χ3v) is 2.95. The van der Waals surface area contributed by atoms with E-state index in [2.05, 4.69) is 43.8 Å². The van der Waals surface area contributed by atoms with Crippen LogP contribution in [0.2, 0.25) is 0 Å². The van der Waals surface area contributed by atoms with Crippen molar-refractivity contribution in [3.63, 3.8) is 0 Å². The molecule has 1 heterocycles. The van der Waals surface area contributed by atoms with Crippen LogP contribution in [0, 0.1) is 3.57 Å². The van der Waals surface area contributed by atoms with Gasteiger partial charge in [-0.05, 0) is 34.7 Å². The van der Waals surface area contributed by atoms with E-state index in [9.17, 15) is 4.79 Å². The smallest absolute Gasteiger partial charge is 0.262 e. The second-order valence-corrected chi connectivity index (χ2v) is 4.68. The standard InChI is InChI=1S/C8H5BrINO2/c9-4-1-5(10)8-6(2-4)13-3-7(12)11-8/h1-2H,3H2,(H,11,12). The molecule has 0 spiro atoms. The molecule has 5 heteroatoms. The van der Waals surface area contributed by atoms with E-state index < -0.39 is 0 Å². The highest BCUT2D eigenvalue weighted by Gasteiger charge is 2.18. The Hall–Kier alpha value is -0.300. The van der Waals surface area contributed by atoms with Crippen molar-refractivity contribution in [3.05, 3.63) is 20.2 Å². The van der Waals surface area contributed by atoms with Gasteiger partial charge in [0.05, 0.1) is 5.69 Å². The van der Waals surface area contributed by atoms with Gasteiger partial charge in [0.1, 0.15) is 5.75 Å². The van der Waals surface area contributed by atoms with Crippen LogP contribution in [0.3, 0.4) is 0 Å². The largest absolute Gasteiger partial charge is 0.482 e. The Morgan fingerprint density at radius 3 is 3.08 bits per heavy atom. The molecule has 0 aromatic heterocycles. The summed E-state index contributed by atoms with van der Waals surface area (Å²) < 4.78 is 7.17. The Bertz CT molecular complexity index is 381. The Morgan fingerprint density at radius 1 is 1.54 bits per heavy atom. The number of fused-ring (bicyclic) bond motifs is 1. The molecule has 0 saturated carbocycles.